The third kappa shape index (κ3) is 1.70. The molecule has 2 rings (SSSR count). The quantitative estimate of drug-likeness (QED) is 0.700. The van der Waals surface area contributed by atoms with Crippen molar-refractivity contribution in [2.45, 2.75) is 45.8 Å². The average Bonchev–Trinajstić information content (AvgIpc) is 2.56. The van der Waals surface area contributed by atoms with E-state index in [1.54, 1.807) is 6.20 Å². The van der Waals surface area contributed by atoms with Crippen LogP contribution < -0.4 is 5.59 Å². The van der Waals surface area contributed by atoms with Crippen molar-refractivity contribution >= 4 is 12.7 Å². The van der Waals surface area contributed by atoms with E-state index in [0.29, 0.717) is 0 Å². The fourth-order valence-corrected chi connectivity index (χ4v) is 1.53. The van der Waals surface area contributed by atoms with E-state index in [1.165, 1.54) is 0 Å². The maximum Gasteiger partial charge on any atom is 0.513 e. The molecule has 1 N–H and O–H groups in total. The van der Waals surface area contributed by atoms with Gasteiger partial charge in [0.15, 0.2) is 0 Å². The summed E-state index contributed by atoms with van der Waals surface area (Å²) in [5.74, 6) is 0.875. The first-order valence-corrected chi connectivity index (χ1v) is 5.19. The van der Waals surface area contributed by atoms with E-state index in [9.17, 15) is 0 Å². The number of hydrogen-bond donors (Lipinski definition) is 1. The predicted octanol–water partition coefficient (Wildman–Crippen LogP) is 1.02. The van der Waals surface area contributed by atoms with Gasteiger partial charge in [-0.15, -0.1) is 0 Å². The highest BCUT2D eigenvalue weighted by atomic mass is 16.7. The molecule has 0 spiro atoms. The second-order valence-corrected chi connectivity index (χ2v) is 5.01. The summed E-state index contributed by atoms with van der Waals surface area (Å²) in [5, 5.41) is 0. The van der Waals surface area contributed by atoms with Crippen molar-refractivity contribution in [3.8, 4) is 0 Å². The van der Waals surface area contributed by atoms with Gasteiger partial charge in [-0.2, -0.15) is 0 Å². The summed E-state index contributed by atoms with van der Waals surface area (Å²) in [6.07, 6.45) is 1.76. The van der Waals surface area contributed by atoms with Crippen LogP contribution in [0, 0.1) is 6.92 Å². The number of nitrogens with one attached hydrogen (secondary N) is 1. The van der Waals surface area contributed by atoms with Crippen LogP contribution in [-0.2, 0) is 9.31 Å². The van der Waals surface area contributed by atoms with Gasteiger partial charge in [0.1, 0.15) is 5.82 Å². The molecule has 0 amide bonds. The minimum atomic E-state index is -0.337. The molecule has 1 aromatic rings. The SMILES string of the molecule is Cc1ncc(B2OC(C)(C)C(C)(C)O2)[nH]1. The standard InChI is InChI=1S/C10H17BN2O2/c1-7-12-6-8(13-7)11-14-9(2,3)10(4,5)15-11/h6H,1-5H3,(H,12,13). The molecule has 82 valence electrons. The van der Waals surface area contributed by atoms with Crippen LogP contribution in [0.3, 0.4) is 0 Å². The molecule has 1 fully saturated rings. The molecule has 1 aromatic heterocycles. The zero-order valence-electron chi connectivity index (χ0n) is 9.92. The van der Waals surface area contributed by atoms with Gasteiger partial charge in [-0.3, -0.25) is 0 Å². The number of aryl methyl sites for hydroxylation is 1. The van der Waals surface area contributed by atoms with Gasteiger partial charge in [-0.05, 0) is 34.6 Å². The Kier molecular flexibility index (Phi) is 2.21. The van der Waals surface area contributed by atoms with E-state index in [1.807, 2.05) is 34.6 Å². The van der Waals surface area contributed by atoms with Crippen molar-refractivity contribution in [2.24, 2.45) is 0 Å². The Morgan fingerprint density at radius 1 is 1.20 bits per heavy atom. The lowest BCUT2D eigenvalue weighted by Crippen LogP contribution is -2.41. The van der Waals surface area contributed by atoms with Crippen LogP contribution in [0.15, 0.2) is 6.20 Å². The van der Waals surface area contributed by atoms with E-state index in [2.05, 4.69) is 9.97 Å². The van der Waals surface area contributed by atoms with E-state index in [0.717, 1.165) is 11.4 Å². The molecule has 0 saturated carbocycles. The summed E-state index contributed by atoms with van der Waals surface area (Å²) >= 11 is 0. The summed E-state index contributed by atoms with van der Waals surface area (Å²) in [6.45, 7) is 10.1. The van der Waals surface area contributed by atoms with E-state index >= 15 is 0 Å². The summed E-state index contributed by atoms with van der Waals surface area (Å²) < 4.78 is 11.7. The number of imidazole rings is 1. The van der Waals surface area contributed by atoms with E-state index in [-0.39, 0.29) is 18.3 Å². The van der Waals surface area contributed by atoms with Gasteiger partial charge >= 0.3 is 7.12 Å². The van der Waals surface area contributed by atoms with Crippen molar-refractivity contribution in [3.05, 3.63) is 12.0 Å². The Morgan fingerprint density at radius 2 is 1.73 bits per heavy atom. The van der Waals surface area contributed by atoms with Crippen LogP contribution in [-0.4, -0.2) is 28.3 Å². The molecule has 0 aromatic carbocycles. The third-order valence-corrected chi connectivity index (χ3v) is 3.23. The lowest BCUT2D eigenvalue weighted by Gasteiger charge is -2.32. The highest BCUT2D eigenvalue weighted by molar-refractivity contribution is 6.61. The molecule has 2 heterocycles. The second-order valence-electron chi connectivity index (χ2n) is 5.01. The molecule has 4 nitrogen and oxygen atoms in total. The maximum atomic E-state index is 5.87. The molecular formula is C10H17BN2O2. The van der Waals surface area contributed by atoms with Crippen molar-refractivity contribution in [3.63, 3.8) is 0 Å². The zero-order valence-corrected chi connectivity index (χ0v) is 9.92. The topological polar surface area (TPSA) is 47.1 Å². The summed E-state index contributed by atoms with van der Waals surface area (Å²) in [5.41, 5.74) is 0.291. The van der Waals surface area contributed by atoms with Gasteiger partial charge in [-0.1, -0.05) is 0 Å². The number of aromatic nitrogens is 2. The number of aromatic amines is 1. The number of H-pyrrole nitrogens is 1. The molecule has 5 heteroatoms. The van der Waals surface area contributed by atoms with E-state index in [4.69, 9.17) is 9.31 Å². The Hall–Kier alpha value is -0.805. The molecule has 0 bridgehead atoms. The number of hydrogen-bond acceptors (Lipinski definition) is 3. The Bertz CT molecular complexity index is 357. The van der Waals surface area contributed by atoms with Crippen molar-refractivity contribution in [2.75, 3.05) is 0 Å². The molecule has 1 saturated heterocycles. The summed E-state index contributed by atoms with van der Waals surface area (Å²) in [7, 11) is -0.337. The minimum absolute atomic E-state index is 0.295. The Balaban J connectivity index is 2.23. The van der Waals surface area contributed by atoms with Gasteiger partial charge in [0.25, 0.3) is 0 Å². The maximum absolute atomic E-state index is 5.87. The molecule has 0 atom stereocenters. The lowest BCUT2D eigenvalue weighted by atomic mass is 9.86. The first-order chi connectivity index (χ1) is 6.82. The minimum Gasteiger partial charge on any atom is -0.398 e. The highest BCUT2D eigenvalue weighted by Crippen LogP contribution is 2.36. The van der Waals surface area contributed by atoms with Gasteiger partial charge in [-0.25, -0.2) is 4.98 Å². The predicted molar refractivity (Wildman–Crippen MR) is 59.0 cm³/mol. The van der Waals surface area contributed by atoms with Crippen LogP contribution in [0.4, 0.5) is 0 Å². The fraction of sp³-hybridized carbons (Fsp3) is 0.700. The summed E-state index contributed by atoms with van der Waals surface area (Å²) in [4.78, 5) is 7.27. The molecule has 0 radical (unpaired) electrons. The fourth-order valence-electron chi connectivity index (χ4n) is 1.53. The molecule has 0 unspecified atom stereocenters. The highest BCUT2D eigenvalue weighted by Gasteiger charge is 2.52. The smallest absolute Gasteiger partial charge is 0.398 e. The Morgan fingerprint density at radius 3 is 2.13 bits per heavy atom. The molecular weight excluding hydrogens is 191 g/mol. The normalized spacial score (nSPS) is 23.4. The second kappa shape index (κ2) is 3.09. The van der Waals surface area contributed by atoms with Crippen molar-refractivity contribution in [1.82, 2.24) is 9.97 Å². The van der Waals surface area contributed by atoms with Gasteiger partial charge in [0.05, 0.1) is 16.8 Å². The van der Waals surface area contributed by atoms with E-state index < -0.39 is 0 Å². The van der Waals surface area contributed by atoms with Crippen LogP contribution in [0.1, 0.15) is 33.5 Å². The first-order valence-electron chi connectivity index (χ1n) is 5.19. The first kappa shape index (κ1) is 10.7. The molecule has 1 aliphatic rings. The van der Waals surface area contributed by atoms with Crippen LogP contribution in [0.25, 0.3) is 0 Å². The van der Waals surface area contributed by atoms with Gasteiger partial charge in [0, 0.05) is 6.20 Å². The number of nitrogens with zero attached hydrogens (tertiary/aromatic N) is 1. The van der Waals surface area contributed by atoms with Crippen molar-refractivity contribution in [1.29, 1.82) is 0 Å². The average molecular weight is 208 g/mol. The van der Waals surface area contributed by atoms with Crippen LogP contribution in [0.5, 0.6) is 0 Å². The Labute approximate surface area is 90.5 Å². The van der Waals surface area contributed by atoms with Crippen molar-refractivity contribution < 1.29 is 9.31 Å². The largest absolute Gasteiger partial charge is 0.513 e. The third-order valence-electron chi connectivity index (χ3n) is 3.23. The van der Waals surface area contributed by atoms with Gasteiger partial charge < -0.3 is 14.3 Å². The molecule has 0 aliphatic carbocycles. The lowest BCUT2D eigenvalue weighted by molar-refractivity contribution is 0.00578. The van der Waals surface area contributed by atoms with Crippen LogP contribution in [0.2, 0.25) is 0 Å². The zero-order chi connectivity index (χ0) is 11.3. The van der Waals surface area contributed by atoms with Gasteiger partial charge in [0.2, 0.25) is 0 Å². The monoisotopic (exact) mass is 208 g/mol. The number of rotatable bonds is 1. The molecule has 15 heavy (non-hydrogen) atoms. The van der Waals surface area contributed by atoms with Crippen LogP contribution >= 0.6 is 0 Å². The molecule has 1 aliphatic heterocycles. The summed E-state index contributed by atoms with van der Waals surface area (Å²) in [6, 6.07) is 0.